The molecule has 10 heavy (non-hydrogen) atoms. The molecular formula is C8H20N2. The molecule has 0 heterocycles. The van der Waals surface area contributed by atoms with Crippen molar-refractivity contribution in [3.05, 3.63) is 0 Å². The summed E-state index contributed by atoms with van der Waals surface area (Å²) in [7, 11) is 0. The summed E-state index contributed by atoms with van der Waals surface area (Å²) in [6.45, 7) is 10.8. The van der Waals surface area contributed by atoms with Crippen molar-refractivity contribution < 1.29 is 0 Å². The van der Waals surface area contributed by atoms with Crippen molar-refractivity contribution in [2.45, 2.75) is 39.8 Å². The van der Waals surface area contributed by atoms with Crippen molar-refractivity contribution in [2.24, 2.45) is 0 Å². The van der Waals surface area contributed by atoms with E-state index in [0.29, 0.717) is 12.1 Å². The molecule has 0 aromatic carbocycles. The lowest BCUT2D eigenvalue weighted by atomic mass is 10.3. The second-order valence-corrected chi connectivity index (χ2v) is 3.03. The standard InChI is InChI=1S/C8H20N2/c1-5-9-6-8(4)10-7(2)3/h7-10H,5-6H2,1-4H3. The topological polar surface area (TPSA) is 24.1 Å². The van der Waals surface area contributed by atoms with Gasteiger partial charge in [-0.25, -0.2) is 0 Å². The first-order chi connectivity index (χ1) is 4.66. The summed E-state index contributed by atoms with van der Waals surface area (Å²) in [5.41, 5.74) is 0. The van der Waals surface area contributed by atoms with E-state index in [1.54, 1.807) is 0 Å². The van der Waals surface area contributed by atoms with Crippen LogP contribution in [0.5, 0.6) is 0 Å². The highest BCUT2D eigenvalue weighted by Crippen LogP contribution is 1.83. The summed E-state index contributed by atoms with van der Waals surface area (Å²) < 4.78 is 0. The summed E-state index contributed by atoms with van der Waals surface area (Å²) in [5, 5.41) is 6.71. The molecule has 2 nitrogen and oxygen atoms in total. The monoisotopic (exact) mass is 144 g/mol. The SMILES string of the molecule is CCNCC(C)NC(C)C. The molecule has 2 heteroatoms. The van der Waals surface area contributed by atoms with Crippen molar-refractivity contribution in [1.82, 2.24) is 10.6 Å². The largest absolute Gasteiger partial charge is 0.315 e. The van der Waals surface area contributed by atoms with Crippen molar-refractivity contribution >= 4 is 0 Å². The van der Waals surface area contributed by atoms with Gasteiger partial charge in [0.05, 0.1) is 0 Å². The molecule has 0 aliphatic heterocycles. The molecule has 62 valence electrons. The third kappa shape index (κ3) is 6.05. The van der Waals surface area contributed by atoms with Crippen LogP contribution in [0.25, 0.3) is 0 Å². The number of nitrogens with one attached hydrogen (secondary N) is 2. The van der Waals surface area contributed by atoms with Crippen LogP contribution in [-0.2, 0) is 0 Å². The Bertz CT molecular complexity index is 71.7. The van der Waals surface area contributed by atoms with Gasteiger partial charge in [0.2, 0.25) is 0 Å². The Labute approximate surface area is 64.4 Å². The summed E-state index contributed by atoms with van der Waals surface area (Å²) >= 11 is 0. The van der Waals surface area contributed by atoms with Gasteiger partial charge in [-0.2, -0.15) is 0 Å². The molecule has 0 aliphatic carbocycles. The number of hydrogen-bond donors (Lipinski definition) is 2. The minimum absolute atomic E-state index is 0.583. The molecule has 0 fully saturated rings. The van der Waals surface area contributed by atoms with Crippen LogP contribution in [0, 0.1) is 0 Å². The summed E-state index contributed by atoms with van der Waals surface area (Å²) in [6, 6.07) is 1.17. The quantitative estimate of drug-likeness (QED) is 0.601. The van der Waals surface area contributed by atoms with Crippen molar-refractivity contribution in [2.75, 3.05) is 13.1 Å². The fourth-order valence-corrected chi connectivity index (χ4v) is 0.989. The Morgan fingerprint density at radius 1 is 1.20 bits per heavy atom. The maximum absolute atomic E-state index is 3.42. The maximum Gasteiger partial charge on any atom is 0.0166 e. The van der Waals surface area contributed by atoms with E-state index in [4.69, 9.17) is 0 Å². The summed E-state index contributed by atoms with van der Waals surface area (Å²) in [4.78, 5) is 0. The fraction of sp³-hybridized carbons (Fsp3) is 1.00. The van der Waals surface area contributed by atoms with Crippen LogP contribution < -0.4 is 10.6 Å². The van der Waals surface area contributed by atoms with E-state index in [0.717, 1.165) is 13.1 Å². The molecule has 0 spiro atoms. The van der Waals surface area contributed by atoms with Gasteiger partial charge in [-0.1, -0.05) is 20.8 Å². The number of likely N-dealkylation sites (N-methyl/N-ethyl adjacent to an activating group) is 1. The van der Waals surface area contributed by atoms with Gasteiger partial charge >= 0.3 is 0 Å². The van der Waals surface area contributed by atoms with E-state index in [2.05, 4.69) is 38.3 Å². The predicted octanol–water partition coefficient (Wildman–Crippen LogP) is 0.982. The molecule has 1 unspecified atom stereocenters. The van der Waals surface area contributed by atoms with Gasteiger partial charge in [-0.3, -0.25) is 0 Å². The molecule has 2 N–H and O–H groups in total. The Balaban J connectivity index is 3.16. The van der Waals surface area contributed by atoms with Gasteiger partial charge < -0.3 is 10.6 Å². The fourth-order valence-electron chi connectivity index (χ4n) is 0.989. The molecule has 0 amide bonds. The van der Waals surface area contributed by atoms with E-state index in [-0.39, 0.29) is 0 Å². The van der Waals surface area contributed by atoms with Gasteiger partial charge in [0.1, 0.15) is 0 Å². The highest BCUT2D eigenvalue weighted by atomic mass is 15.0. The average Bonchev–Trinajstić information content (AvgIpc) is 1.82. The lowest BCUT2D eigenvalue weighted by molar-refractivity contribution is 0.465. The third-order valence-corrected chi connectivity index (χ3v) is 1.32. The normalized spacial score (nSPS) is 14.1. The van der Waals surface area contributed by atoms with E-state index < -0.39 is 0 Å². The van der Waals surface area contributed by atoms with Gasteiger partial charge in [-0.05, 0) is 13.5 Å². The minimum Gasteiger partial charge on any atom is -0.315 e. The second kappa shape index (κ2) is 5.69. The Morgan fingerprint density at radius 2 is 1.80 bits per heavy atom. The summed E-state index contributed by atoms with van der Waals surface area (Å²) in [5.74, 6) is 0. The van der Waals surface area contributed by atoms with Crippen LogP contribution in [0.4, 0.5) is 0 Å². The average molecular weight is 144 g/mol. The molecule has 0 bridgehead atoms. The second-order valence-electron chi connectivity index (χ2n) is 3.03. The molecule has 0 aromatic rings. The van der Waals surface area contributed by atoms with Crippen LogP contribution in [-0.4, -0.2) is 25.2 Å². The zero-order chi connectivity index (χ0) is 7.98. The first-order valence-corrected chi connectivity index (χ1v) is 4.13. The van der Waals surface area contributed by atoms with Crippen LogP contribution in [0.15, 0.2) is 0 Å². The molecule has 0 radical (unpaired) electrons. The van der Waals surface area contributed by atoms with Crippen LogP contribution in [0.3, 0.4) is 0 Å². The molecule has 0 aliphatic rings. The lowest BCUT2D eigenvalue weighted by Gasteiger charge is -2.16. The molecule has 0 aromatic heterocycles. The number of rotatable bonds is 5. The third-order valence-electron chi connectivity index (χ3n) is 1.32. The first-order valence-electron chi connectivity index (χ1n) is 4.13. The van der Waals surface area contributed by atoms with Gasteiger partial charge in [-0.15, -0.1) is 0 Å². The van der Waals surface area contributed by atoms with Crippen LogP contribution >= 0.6 is 0 Å². The maximum atomic E-state index is 3.42. The van der Waals surface area contributed by atoms with E-state index in [1.807, 2.05) is 0 Å². The van der Waals surface area contributed by atoms with Crippen molar-refractivity contribution in [3.63, 3.8) is 0 Å². The summed E-state index contributed by atoms with van der Waals surface area (Å²) in [6.07, 6.45) is 0. The zero-order valence-electron chi connectivity index (χ0n) is 7.57. The Kier molecular flexibility index (Phi) is 5.64. The molecule has 0 saturated heterocycles. The van der Waals surface area contributed by atoms with Crippen molar-refractivity contribution in [3.8, 4) is 0 Å². The smallest absolute Gasteiger partial charge is 0.0166 e. The van der Waals surface area contributed by atoms with E-state index in [9.17, 15) is 0 Å². The first kappa shape index (κ1) is 9.92. The molecule has 0 rings (SSSR count). The highest BCUT2D eigenvalue weighted by Gasteiger charge is 2.00. The molecule has 1 atom stereocenters. The number of hydrogen-bond acceptors (Lipinski definition) is 2. The highest BCUT2D eigenvalue weighted by molar-refractivity contribution is 4.65. The lowest BCUT2D eigenvalue weighted by Crippen LogP contribution is -2.39. The van der Waals surface area contributed by atoms with Gasteiger partial charge in [0, 0.05) is 18.6 Å². The van der Waals surface area contributed by atoms with E-state index >= 15 is 0 Å². The Morgan fingerprint density at radius 3 is 2.20 bits per heavy atom. The predicted molar refractivity (Wildman–Crippen MR) is 46.3 cm³/mol. The zero-order valence-corrected chi connectivity index (χ0v) is 7.57. The molecule has 0 saturated carbocycles. The van der Waals surface area contributed by atoms with Gasteiger partial charge in [0.15, 0.2) is 0 Å². The van der Waals surface area contributed by atoms with Crippen LogP contribution in [0.1, 0.15) is 27.7 Å². The Hall–Kier alpha value is -0.0800. The van der Waals surface area contributed by atoms with Crippen LogP contribution in [0.2, 0.25) is 0 Å². The van der Waals surface area contributed by atoms with Gasteiger partial charge in [0.25, 0.3) is 0 Å². The van der Waals surface area contributed by atoms with E-state index in [1.165, 1.54) is 0 Å². The minimum atomic E-state index is 0.583. The molecular weight excluding hydrogens is 124 g/mol. The van der Waals surface area contributed by atoms with Crippen molar-refractivity contribution in [1.29, 1.82) is 0 Å².